The molecule has 2 amide bonds. The maximum absolute atomic E-state index is 11.9. The third-order valence-corrected chi connectivity index (χ3v) is 5.33. The van der Waals surface area contributed by atoms with E-state index in [2.05, 4.69) is 24.9 Å². The first-order valence-corrected chi connectivity index (χ1v) is 10.9. The second kappa shape index (κ2) is 12.8. The van der Waals surface area contributed by atoms with E-state index in [0.29, 0.717) is 0 Å². The van der Waals surface area contributed by atoms with Crippen LogP contribution in [0.5, 0.6) is 0 Å². The van der Waals surface area contributed by atoms with Gasteiger partial charge in [0, 0.05) is 11.6 Å². The number of aryl methyl sites for hydroxylation is 2. The summed E-state index contributed by atoms with van der Waals surface area (Å²) in [6, 6.07) is 6.15. The number of esters is 1. The molecule has 1 aliphatic rings. The Labute approximate surface area is 179 Å². The van der Waals surface area contributed by atoms with Crippen molar-refractivity contribution in [2.24, 2.45) is 0 Å². The number of benzene rings is 1. The first-order valence-electron chi connectivity index (χ1n) is 10.9. The fourth-order valence-corrected chi connectivity index (χ4v) is 3.57. The molecule has 0 saturated heterocycles. The molecule has 1 heterocycles. The minimum Gasteiger partial charge on any atom is -0.461 e. The molecule has 162 valence electrons. The minimum absolute atomic E-state index is 0.147. The average Bonchev–Trinajstić information content (AvgIpc) is 3.03. The second-order valence-electron chi connectivity index (χ2n) is 7.89. The maximum Gasteiger partial charge on any atom is 0.310 e. The average molecular weight is 412 g/mol. The van der Waals surface area contributed by atoms with E-state index in [0.717, 1.165) is 24.5 Å². The first kappa shape index (κ1) is 23.6. The Bertz CT molecular complexity index is 794. The molecule has 5 heteroatoms. The Morgan fingerprint density at radius 1 is 1.07 bits per heavy atom. The van der Waals surface area contributed by atoms with Crippen molar-refractivity contribution in [3.05, 3.63) is 59.2 Å². The van der Waals surface area contributed by atoms with E-state index in [1.807, 2.05) is 18.2 Å². The van der Waals surface area contributed by atoms with Gasteiger partial charge in [0.2, 0.25) is 0 Å². The van der Waals surface area contributed by atoms with Gasteiger partial charge in [-0.25, -0.2) is 0 Å². The van der Waals surface area contributed by atoms with Crippen LogP contribution in [0.15, 0.2) is 42.5 Å². The summed E-state index contributed by atoms with van der Waals surface area (Å²) in [5.74, 6) is -1.53. The molecule has 0 bridgehead atoms. The molecular formula is C25H33NO4. The van der Waals surface area contributed by atoms with E-state index in [1.54, 1.807) is 0 Å². The van der Waals surface area contributed by atoms with E-state index in [-0.39, 0.29) is 18.6 Å². The van der Waals surface area contributed by atoms with Crippen LogP contribution >= 0.6 is 0 Å². The molecule has 0 radical (unpaired) electrons. The van der Waals surface area contributed by atoms with Gasteiger partial charge in [-0.3, -0.25) is 19.7 Å². The third kappa shape index (κ3) is 8.36. The number of hydrogen-bond donors (Lipinski definition) is 1. The van der Waals surface area contributed by atoms with Gasteiger partial charge in [-0.2, -0.15) is 0 Å². The molecule has 1 N–H and O–H groups in total. The lowest BCUT2D eigenvalue weighted by atomic mass is 9.99. The van der Waals surface area contributed by atoms with Gasteiger partial charge in [-0.15, -0.1) is 6.58 Å². The standard InChI is InChI=1S/C25H33NO4/c1-3-4-5-6-7-8-9-10-11-12-21-14-13-20(15-19(21)2)18-30-24(28)17-22-16-23(27)26-25(22)29/h3,13-16H,1,4-12,17-18H2,2H3,(H,26,27,29). The summed E-state index contributed by atoms with van der Waals surface area (Å²) < 4.78 is 5.25. The van der Waals surface area contributed by atoms with Crippen molar-refractivity contribution >= 4 is 17.8 Å². The topological polar surface area (TPSA) is 72.5 Å². The van der Waals surface area contributed by atoms with Crippen molar-refractivity contribution in [1.29, 1.82) is 0 Å². The minimum atomic E-state index is -0.523. The number of allylic oxidation sites excluding steroid dienone is 1. The van der Waals surface area contributed by atoms with Crippen LogP contribution in [0.2, 0.25) is 0 Å². The fourth-order valence-electron chi connectivity index (χ4n) is 3.57. The van der Waals surface area contributed by atoms with Crippen LogP contribution in [0.25, 0.3) is 0 Å². The monoisotopic (exact) mass is 411 g/mol. The molecule has 0 aromatic heterocycles. The number of hydrogen-bond acceptors (Lipinski definition) is 4. The zero-order chi connectivity index (χ0) is 21.8. The van der Waals surface area contributed by atoms with Gasteiger partial charge in [0.25, 0.3) is 11.8 Å². The summed E-state index contributed by atoms with van der Waals surface area (Å²) >= 11 is 0. The van der Waals surface area contributed by atoms with Crippen molar-refractivity contribution in [3.8, 4) is 0 Å². The zero-order valence-electron chi connectivity index (χ0n) is 18.0. The van der Waals surface area contributed by atoms with E-state index in [4.69, 9.17) is 4.74 Å². The molecule has 0 unspecified atom stereocenters. The van der Waals surface area contributed by atoms with Crippen LogP contribution in [-0.4, -0.2) is 17.8 Å². The predicted octanol–water partition coefficient (Wildman–Crippen LogP) is 4.86. The summed E-state index contributed by atoms with van der Waals surface area (Å²) in [6.45, 7) is 6.00. The van der Waals surface area contributed by atoms with Gasteiger partial charge in [0.05, 0.1) is 6.42 Å². The lowest BCUT2D eigenvalue weighted by Gasteiger charge is -2.10. The first-order chi connectivity index (χ1) is 14.5. The van der Waals surface area contributed by atoms with Crippen LogP contribution in [0.3, 0.4) is 0 Å². The van der Waals surface area contributed by atoms with Crippen molar-refractivity contribution in [2.45, 2.75) is 77.7 Å². The maximum atomic E-state index is 11.9. The molecule has 0 spiro atoms. The highest BCUT2D eigenvalue weighted by Gasteiger charge is 2.23. The highest BCUT2D eigenvalue weighted by Crippen LogP contribution is 2.17. The van der Waals surface area contributed by atoms with Crippen LogP contribution in [-0.2, 0) is 32.1 Å². The number of ether oxygens (including phenoxy) is 1. The summed E-state index contributed by atoms with van der Waals surface area (Å²) in [7, 11) is 0. The van der Waals surface area contributed by atoms with Crippen LogP contribution in [0.4, 0.5) is 0 Å². The van der Waals surface area contributed by atoms with Gasteiger partial charge in [0.1, 0.15) is 6.61 Å². The molecule has 2 rings (SSSR count). The lowest BCUT2D eigenvalue weighted by Crippen LogP contribution is -2.23. The van der Waals surface area contributed by atoms with Crippen molar-refractivity contribution in [2.75, 3.05) is 0 Å². The molecule has 0 fully saturated rings. The van der Waals surface area contributed by atoms with Gasteiger partial charge in [0.15, 0.2) is 0 Å². The normalized spacial score (nSPS) is 13.2. The number of rotatable bonds is 14. The lowest BCUT2D eigenvalue weighted by molar-refractivity contribution is -0.144. The Kier molecular flexibility index (Phi) is 10.1. The molecule has 30 heavy (non-hydrogen) atoms. The van der Waals surface area contributed by atoms with Gasteiger partial charge in [-0.1, -0.05) is 56.4 Å². The predicted molar refractivity (Wildman–Crippen MR) is 118 cm³/mol. The SMILES string of the molecule is C=CCCCCCCCCCc1ccc(COC(=O)CC2=CC(=O)NC2=O)cc1C. The van der Waals surface area contributed by atoms with Crippen molar-refractivity contribution in [1.82, 2.24) is 5.32 Å². The smallest absolute Gasteiger partial charge is 0.310 e. The Morgan fingerprint density at radius 3 is 2.40 bits per heavy atom. The van der Waals surface area contributed by atoms with Crippen LogP contribution in [0, 0.1) is 6.92 Å². The van der Waals surface area contributed by atoms with Crippen molar-refractivity contribution in [3.63, 3.8) is 0 Å². The highest BCUT2D eigenvalue weighted by molar-refractivity contribution is 6.17. The Morgan fingerprint density at radius 2 is 1.77 bits per heavy atom. The molecular weight excluding hydrogens is 378 g/mol. The van der Waals surface area contributed by atoms with Crippen molar-refractivity contribution < 1.29 is 19.1 Å². The van der Waals surface area contributed by atoms with E-state index in [9.17, 15) is 14.4 Å². The largest absolute Gasteiger partial charge is 0.461 e. The third-order valence-electron chi connectivity index (χ3n) is 5.33. The summed E-state index contributed by atoms with van der Waals surface area (Å²) in [5.41, 5.74) is 3.61. The Balaban J connectivity index is 1.65. The van der Waals surface area contributed by atoms with Gasteiger partial charge in [-0.05, 0) is 49.3 Å². The van der Waals surface area contributed by atoms with E-state index >= 15 is 0 Å². The number of imide groups is 1. The number of amides is 2. The summed E-state index contributed by atoms with van der Waals surface area (Å²) in [4.78, 5) is 34.5. The molecule has 1 aromatic rings. The van der Waals surface area contributed by atoms with E-state index in [1.165, 1.54) is 56.1 Å². The van der Waals surface area contributed by atoms with Gasteiger partial charge >= 0.3 is 5.97 Å². The summed E-state index contributed by atoms with van der Waals surface area (Å²) in [5, 5.41) is 2.12. The van der Waals surface area contributed by atoms with Crippen LogP contribution in [0.1, 0.15) is 74.5 Å². The number of unbranched alkanes of at least 4 members (excludes halogenated alkanes) is 7. The molecule has 0 saturated carbocycles. The zero-order valence-corrected chi connectivity index (χ0v) is 18.0. The molecule has 1 aliphatic heterocycles. The number of nitrogens with one attached hydrogen (secondary N) is 1. The molecule has 0 aliphatic carbocycles. The fraction of sp³-hybridized carbons (Fsp3) is 0.480. The van der Waals surface area contributed by atoms with Gasteiger partial charge < -0.3 is 4.74 Å². The highest BCUT2D eigenvalue weighted by atomic mass is 16.5. The number of carbonyl (C=O) groups is 3. The van der Waals surface area contributed by atoms with Crippen LogP contribution < -0.4 is 5.32 Å². The molecule has 0 atom stereocenters. The van der Waals surface area contributed by atoms with E-state index < -0.39 is 17.8 Å². The summed E-state index contributed by atoms with van der Waals surface area (Å²) in [6.07, 6.45) is 14.1. The quantitative estimate of drug-likeness (QED) is 0.205. The molecule has 1 aromatic carbocycles. The molecule has 5 nitrogen and oxygen atoms in total. The Hall–Kier alpha value is -2.69. The number of carbonyl (C=O) groups excluding carboxylic acids is 3. The second-order valence-corrected chi connectivity index (χ2v) is 7.89.